The smallest absolute Gasteiger partial charge is 0.300 e. The van der Waals surface area contributed by atoms with Gasteiger partial charge in [-0.15, -0.1) is 0 Å². The Balaban J connectivity index is 3.06. The van der Waals surface area contributed by atoms with Gasteiger partial charge < -0.3 is 4.74 Å². The Labute approximate surface area is 84.4 Å². The summed E-state index contributed by atoms with van der Waals surface area (Å²) in [4.78, 5) is 10.9. The van der Waals surface area contributed by atoms with E-state index in [9.17, 15) is 13.6 Å². The number of methoxy groups -OCH3 is 1. The molecule has 2 nitrogen and oxygen atoms in total. The minimum absolute atomic E-state index is 0.110. The van der Waals surface area contributed by atoms with Gasteiger partial charge in [0, 0.05) is 5.56 Å². The van der Waals surface area contributed by atoms with Gasteiger partial charge in [-0.05, 0) is 18.2 Å². The van der Waals surface area contributed by atoms with Crippen LogP contribution in [0.15, 0.2) is 18.2 Å². The summed E-state index contributed by atoms with van der Waals surface area (Å²) in [5.74, 6) is -1.03. The van der Waals surface area contributed by atoms with Gasteiger partial charge in [0.1, 0.15) is 5.75 Å². The summed E-state index contributed by atoms with van der Waals surface area (Å²) >= 11 is 5.66. The number of benzene rings is 1. The number of rotatable bonds is 3. The van der Waals surface area contributed by atoms with Crippen molar-refractivity contribution in [2.24, 2.45) is 0 Å². The summed E-state index contributed by atoms with van der Waals surface area (Å²) in [7, 11) is 1.35. The molecule has 0 aliphatic rings. The minimum atomic E-state index is -3.01. The molecule has 0 spiro atoms. The molecule has 0 aliphatic carbocycles. The highest BCUT2D eigenvalue weighted by molar-refractivity contribution is 6.32. The Hall–Kier alpha value is -1.16. The number of carbonyl (C=O) groups is 1. The zero-order valence-electron chi connectivity index (χ0n) is 7.26. The first-order valence-corrected chi connectivity index (χ1v) is 4.10. The van der Waals surface area contributed by atoms with Crippen LogP contribution in [0.4, 0.5) is 8.78 Å². The van der Waals surface area contributed by atoms with Crippen molar-refractivity contribution in [1.82, 2.24) is 0 Å². The summed E-state index contributed by atoms with van der Waals surface area (Å²) in [5.41, 5.74) is -0.110. The maximum absolute atomic E-state index is 12.0. The van der Waals surface area contributed by atoms with Crippen molar-refractivity contribution in [2.75, 3.05) is 7.11 Å². The summed E-state index contributed by atoms with van der Waals surface area (Å²) in [6.45, 7) is 0. The van der Waals surface area contributed by atoms with Gasteiger partial charge in [-0.2, -0.15) is 0 Å². The maximum Gasteiger partial charge on any atom is 0.300 e. The van der Waals surface area contributed by atoms with Crippen molar-refractivity contribution in [3.63, 3.8) is 0 Å². The van der Waals surface area contributed by atoms with E-state index in [2.05, 4.69) is 0 Å². The number of alkyl halides is 2. The summed E-state index contributed by atoms with van der Waals surface area (Å²) < 4.78 is 28.8. The molecular weight excluding hydrogens is 214 g/mol. The molecule has 0 unspecified atom stereocenters. The molecule has 5 heteroatoms. The number of halogens is 3. The third-order valence-corrected chi connectivity index (χ3v) is 1.95. The molecular formula is C9H7ClF2O2. The summed E-state index contributed by atoms with van der Waals surface area (Å²) in [6.07, 6.45) is -3.01. The number of ketones is 1. The van der Waals surface area contributed by atoms with Crippen molar-refractivity contribution >= 4 is 17.4 Å². The zero-order valence-corrected chi connectivity index (χ0v) is 8.02. The van der Waals surface area contributed by atoms with Crippen molar-refractivity contribution in [1.29, 1.82) is 0 Å². The average molecular weight is 221 g/mol. The largest absolute Gasteiger partial charge is 0.495 e. The molecule has 0 fully saturated rings. The van der Waals surface area contributed by atoms with Gasteiger partial charge in [-0.1, -0.05) is 11.6 Å². The van der Waals surface area contributed by atoms with E-state index in [1.807, 2.05) is 0 Å². The Bertz CT molecular complexity index is 353. The fraction of sp³-hybridized carbons (Fsp3) is 0.222. The lowest BCUT2D eigenvalue weighted by Crippen LogP contribution is -2.10. The predicted octanol–water partition coefficient (Wildman–Crippen LogP) is 2.80. The van der Waals surface area contributed by atoms with Crippen molar-refractivity contribution in [3.05, 3.63) is 28.8 Å². The number of Topliss-reactive ketones (excluding diaryl/α,β-unsaturated/α-hetero) is 1. The third kappa shape index (κ3) is 2.20. The molecule has 76 valence electrons. The number of hydrogen-bond acceptors (Lipinski definition) is 2. The molecule has 1 aromatic carbocycles. The van der Waals surface area contributed by atoms with Crippen LogP contribution >= 0.6 is 11.6 Å². The molecule has 0 amide bonds. The second kappa shape index (κ2) is 4.37. The molecule has 0 heterocycles. The Morgan fingerprint density at radius 2 is 2.14 bits per heavy atom. The predicted molar refractivity (Wildman–Crippen MR) is 48.3 cm³/mol. The first-order chi connectivity index (χ1) is 6.56. The lowest BCUT2D eigenvalue weighted by atomic mass is 10.1. The molecule has 0 saturated heterocycles. The van der Waals surface area contributed by atoms with E-state index < -0.39 is 12.2 Å². The van der Waals surface area contributed by atoms with E-state index in [4.69, 9.17) is 16.3 Å². The quantitative estimate of drug-likeness (QED) is 0.733. The van der Waals surface area contributed by atoms with Crippen LogP contribution in [0.3, 0.4) is 0 Å². The lowest BCUT2D eigenvalue weighted by molar-refractivity contribution is 0.0678. The second-order valence-electron chi connectivity index (χ2n) is 2.51. The second-order valence-corrected chi connectivity index (χ2v) is 2.92. The van der Waals surface area contributed by atoms with E-state index in [1.165, 1.54) is 25.3 Å². The highest BCUT2D eigenvalue weighted by atomic mass is 35.5. The summed E-state index contributed by atoms with van der Waals surface area (Å²) in [5, 5.41) is 0.276. The van der Waals surface area contributed by atoms with E-state index in [0.717, 1.165) is 0 Å². The molecule has 0 N–H and O–H groups in total. The van der Waals surface area contributed by atoms with Crippen LogP contribution in [0.1, 0.15) is 10.4 Å². The van der Waals surface area contributed by atoms with Gasteiger partial charge in [-0.3, -0.25) is 4.79 Å². The van der Waals surface area contributed by atoms with Gasteiger partial charge >= 0.3 is 6.43 Å². The van der Waals surface area contributed by atoms with Crippen LogP contribution in [0.5, 0.6) is 5.75 Å². The fourth-order valence-electron chi connectivity index (χ4n) is 0.939. The van der Waals surface area contributed by atoms with Gasteiger partial charge in [0.2, 0.25) is 5.78 Å². The molecule has 14 heavy (non-hydrogen) atoms. The standard InChI is InChI=1S/C9H7ClF2O2/c1-14-7-4-5(2-3-6(7)10)8(13)9(11)12/h2-4,9H,1H3. The van der Waals surface area contributed by atoms with Crippen molar-refractivity contribution < 1.29 is 18.3 Å². The molecule has 0 saturated carbocycles. The zero-order chi connectivity index (χ0) is 10.7. The minimum Gasteiger partial charge on any atom is -0.495 e. The fourth-order valence-corrected chi connectivity index (χ4v) is 1.13. The van der Waals surface area contributed by atoms with E-state index in [0.29, 0.717) is 0 Å². The van der Waals surface area contributed by atoms with Gasteiger partial charge in [0.15, 0.2) is 0 Å². The van der Waals surface area contributed by atoms with Crippen molar-refractivity contribution in [3.8, 4) is 5.75 Å². The highest BCUT2D eigenvalue weighted by Crippen LogP contribution is 2.25. The van der Waals surface area contributed by atoms with E-state index in [1.54, 1.807) is 0 Å². The van der Waals surface area contributed by atoms with Crippen LogP contribution < -0.4 is 4.74 Å². The first kappa shape index (κ1) is 10.9. The Morgan fingerprint density at radius 3 is 2.64 bits per heavy atom. The number of ether oxygens (including phenoxy) is 1. The van der Waals surface area contributed by atoms with Crippen LogP contribution in [-0.4, -0.2) is 19.3 Å². The molecule has 0 atom stereocenters. The molecule has 0 radical (unpaired) electrons. The number of carbonyl (C=O) groups excluding carboxylic acids is 1. The molecule has 0 bridgehead atoms. The molecule has 0 aromatic heterocycles. The summed E-state index contributed by atoms with van der Waals surface area (Å²) in [6, 6.07) is 3.77. The Morgan fingerprint density at radius 1 is 1.50 bits per heavy atom. The van der Waals surface area contributed by atoms with E-state index in [-0.39, 0.29) is 16.3 Å². The van der Waals surface area contributed by atoms with Gasteiger partial charge in [-0.25, -0.2) is 8.78 Å². The van der Waals surface area contributed by atoms with Gasteiger partial charge in [0.05, 0.1) is 12.1 Å². The third-order valence-electron chi connectivity index (χ3n) is 1.63. The molecule has 1 rings (SSSR count). The average Bonchev–Trinajstić information content (AvgIpc) is 2.17. The maximum atomic E-state index is 12.0. The SMILES string of the molecule is COc1cc(C(=O)C(F)F)ccc1Cl. The van der Waals surface area contributed by atoms with E-state index >= 15 is 0 Å². The lowest BCUT2D eigenvalue weighted by Gasteiger charge is -2.05. The first-order valence-electron chi connectivity index (χ1n) is 3.72. The number of hydrogen-bond donors (Lipinski definition) is 0. The van der Waals surface area contributed by atoms with Crippen LogP contribution in [0.2, 0.25) is 5.02 Å². The normalized spacial score (nSPS) is 10.4. The van der Waals surface area contributed by atoms with Crippen LogP contribution in [0.25, 0.3) is 0 Å². The molecule has 1 aromatic rings. The topological polar surface area (TPSA) is 26.3 Å². The van der Waals surface area contributed by atoms with Crippen LogP contribution in [-0.2, 0) is 0 Å². The monoisotopic (exact) mass is 220 g/mol. The van der Waals surface area contributed by atoms with Crippen molar-refractivity contribution in [2.45, 2.75) is 6.43 Å². The highest BCUT2D eigenvalue weighted by Gasteiger charge is 2.18. The molecule has 0 aliphatic heterocycles. The van der Waals surface area contributed by atoms with Gasteiger partial charge in [0.25, 0.3) is 0 Å². The Kier molecular flexibility index (Phi) is 3.41. The van der Waals surface area contributed by atoms with Crippen LogP contribution in [0, 0.1) is 0 Å².